The first kappa shape index (κ1) is 25.6. The molecule has 204 valence electrons. The van der Waals surface area contributed by atoms with Crippen molar-refractivity contribution in [3.8, 4) is 24.0 Å². The fraction of sp³-hybridized carbons (Fsp3) is 0.556. The molecule has 4 aromatic rings. The van der Waals surface area contributed by atoms with Crippen molar-refractivity contribution in [2.24, 2.45) is 17.8 Å². The van der Waals surface area contributed by atoms with E-state index < -0.39 is 5.76 Å². The summed E-state index contributed by atoms with van der Waals surface area (Å²) in [5, 5.41) is 13.1. The van der Waals surface area contributed by atoms with Gasteiger partial charge in [0.2, 0.25) is 17.6 Å². The van der Waals surface area contributed by atoms with Crippen LogP contribution in [0.3, 0.4) is 0 Å². The SMILES string of the molecule is C#CC1CCC(Cn2c(NC(C)c3cscn3)nc3nc(-c4noc(=O)[nH]4)nc(N[C@H](C)C4CCC4)c32)CC1. The van der Waals surface area contributed by atoms with Crippen molar-refractivity contribution in [2.75, 3.05) is 10.6 Å². The summed E-state index contributed by atoms with van der Waals surface area (Å²) in [7, 11) is 0. The number of nitrogens with one attached hydrogen (secondary N) is 3. The third-order valence-electron chi connectivity index (χ3n) is 8.24. The molecule has 0 aromatic carbocycles. The Labute approximate surface area is 230 Å². The second kappa shape index (κ2) is 10.8. The Kier molecular flexibility index (Phi) is 7.08. The van der Waals surface area contributed by atoms with E-state index in [2.05, 4.69) is 50.1 Å². The molecule has 12 heteroatoms. The maximum Gasteiger partial charge on any atom is 0.439 e. The molecule has 0 spiro atoms. The molecule has 0 aliphatic heterocycles. The van der Waals surface area contributed by atoms with Gasteiger partial charge in [-0.25, -0.2) is 19.7 Å². The van der Waals surface area contributed by atoms with E-state index in [1.807, 2.05) is 10.9 Å². The first-order chi connectivity index (χ1) is 19.0. The molecule has 0 saturated heterocycles. The smallest absolute Gasteiger partial charge is 0.365 e. The number of imidazole rings is 1. The first-order valence-corrected chi connectivity index (χ1v) is 14.6. The molecule has 11 nitrogen and oxygen atoms in total. The van der Waals surface area contributed by atoms with E-state index in [9.17, 15) is 4.79 Å². The van der Waals surface area contributed by atoms with Gasteiger partial charge in [0.1, 0.15) is 5.52 Å². The number of aromatic amines is 1. The maximum atomic E-state index is 11.7. The quantitative estimate of drug-likeness (QED) is 0.251. The van der Waals surface area contributed by atoms with Crippen molar-refractivity contribution in [3.63, 3.8) is 0 Å². The van der Waals surface area contributed by atoms with Crippen LogP contribution in [0.4, 0.5) is 11.8 Å². The van der Waals surface area contributed by atoms with Gasteiger partial charge < -0.3 is 15.2 Å². The van der Waals surface area contributed by atoms with Crippen molar-refractivity contribution in [2.45, 2.75) is 77.4 Å². The standard InChI is InChI=1S/C27H33N9O2S/c1-4-17-8-10-18(11-9-17)12-36-21-22(29-15(2)19-6-5-7-19)31-24(25-34-27(37)38-35-25)32-23(21)33-26(36)30-16(3)20-13-39-14-28-20/h1,13-19H,5-12H2,2-3H3,(H,34,35,37)(H2,29,30,31,32,33)/t15-,16?,17?,18?/m1/s1. The van der Waals surface area contributed by atoms with Crippen LogP contribution in [0.5, 0.6) is 0 Å². The van der Waals surface area contributed by atoms with E-state index in [0.29, 0.717) is 35.2 Å². The summed E-state index contributed by atoms with van der Waals surface area (Å²) in [5.74, 6) is 5.52. The van der Waals surface area contributed by atoms with Crippen LogP contribution in [0, 0.1) is 30.1 Å². The summed E-state index contributed by atoms with van der Waals surface area (Å²) >= 11 is 1.57. The van der Waals surface area contributed by atoms with Crippen LogP contribution in [0.25, 0.3) is 22.8 Å². The Bertz CT molecular complexity index is 1520. The zero-order chi connectivity index (χ0) is 26.9. The Morgan fingerprint density at radius 2 is 2.00 bits per heavy atom. The van der Waals surface area contributed by atoms with Crippen LogP contribution in [0.1, 0.15) is 70.5 Å². The summed E-state index contributed by atoms with van der Waals surface area (Å²) in [6.07, 6.45) is 13.6. The number of thiazole rings is 1. The molecular weight excluding hydrogens is 514 g/mol. The molecule has 2 aliphatic carbocycles. The number of anilines is 2. The summed E-state index contributed by atoms with van der Waals surface area (Å²) in [6, 6.07) is 0.175. The average Bonchev–Trinajstić information content (AvgIpc) is 3.64. The fourth-order valence-electron chi connectivity index (χ4n) is 5.60. The largest absolute Gasteiger partial charge is 0.439 e. The van der Waals surface area contributed by atoms with Gasteiger partial charge in [-0.1, -0.05) is 11.6 Å². The van der Waals surface area contributed by atoms with Crippen molar-refractivity contribution in [1.82, 2.24) is 34.6 Å². The summed E-state index contributed by atoms with van der Waals surface area (Å²) < 4.78 is 6.95. The Morgan fingerprint density at radius 3 is 2.64 bits per heavy atom. The van der Waals surface area contributed by atoms with Gasteiger partial charge in [-0.2, -0.15) is 4.98 Å². The Morgan fingerprint density at radius 1 is 1.18 bits per heavy atom. The van der Waals surface area contributed by atoms with Crippen LogP contribution >= 0.6 is 11.3 Å². The first-order valence-electron chi connectivity index (χ1n) is 13.7. The molecular formula is C27H33N9O2S. The van der Waals surface area contributed by atoms with E-state index >= 15 is 0 Å². The number of rotatable bonds is 9. The van der Waals surface area contributed by atoms with Crippen LogP contribution in [-0.2, 0) is 6.54 Å². The molecule has 39 heavy (non-hydrogen) atoms. The molecule has 0 amide bonds. The van der Waals surface area contributed by atoms with Crippen LogP contribution in [0.2, 0.25) is 0 Å². The van der Waals surface area contributed by atoms with Gasteiger partial charge in [0.15, 0.2) is 11.5 Å². The van der Waals surface area contributed by atoms with Gasteiger partial charge in [-0.15, -0.1) is 23.7 Å². The van der Waals surface area contributed by atoms with Gasteiger partial charge in [0.05, 0.1) is 17.2 Å². The van der Waals surface area contributed by atoms with Gasteiger partial charge in [0, 0.05) is 23.9 Å². The molecule has 2 atom stereocenters. The highest BCUT2D eigenvalue weighted by molar-refractivity contribution is 7.07. The molecule has 1 unspecified atom stereocenters. The lowest BCUT2D eigenvalue weighted by Crippen LogP contribution is -2.31. The number of hydrogen-bond acceptors (Lipinski definition) is 10. The third kappa shape index (κ3) is 5.28. The summed E-state index contributed by atoms with van der Waals surface area (Å²) in [5.41, 5.74) is 4.15. The van der Waals surface area contributed by atoms with E-state index in [4.69, 9.17) is 25.9 Å². The molecule has 4 aromatic heterocycles. The summed E-state index contributed by atoms with van der Waals surface area (Å²) in [4.78, 5) is 33.3. The summed E-state index contributed by atoms with van der Waals surface area (Å²) in [6.45, 7) is 5.04. The predicted molar refractivity (Wildman–Crippen MR) is 150 cm³/mol. The fourth-order valence-corrected chi connectivity index (χ4v) is 6.25. The minimum absolute atomic E-state index is 0.0476. The second-order valence-electron chi connectivity index (χ2n) is 10.8. The van der Waals surface area contributed by atoms with E-state index in [0.717, 1.165) is 43.4 Å². The topological polar surface area (TPSA) is 139 Å². The highest BCUT2D eigenvalue weighted by Crippen LogP contribution is 2.36. The molecule has 6 rings (SSSR count). The van der Waals surface area contributed by atoms with E-state index in [-0.39, 0.29) is 23.7 Å². The van der Waals surface area contributed by atoms with Gasteiger partial charge in [-0.05, 0) is 64.2 Å². The van der Waals surface area contributed by atoms with Crippen LogP contribution in [0.15, 0.2) is 20.2 Å². The Hall–Kier alpha value is -3.72. The lowest BCUT2D eigenvalue weighted by atomic mass is 9.80. The molecule has 4 heterocycles. The highest BCUT2D eigenvalue weighted by atomic mass is 32.1. The maximum absolute atomic E-state index is 11.7. The highest BCUT2D eigenvalue weighted by Gasteiger charge is 2.29. The molecule has 2 aliphatic rings. The van der Waals surface area contributed by atoms with Gasteiger partial charge >= 0.3 is 5.76 Å². The zero-order valence-electron chi connectivity index (χ0n) is 22.2. The Balaban J connectivity index is 1.44. The number of nitrogens with zero attached hydrogens (tertiary/aromatic N) is 6. The van der Waals surface area contributed by atoms with Crippen LogP contribution in [-0.4, -0.2) is 40.7 Å². The molecule has 2 saturated carbocycles. The van der Waals surface area contributed by atoms with Gasteiger partial charge in [0.25, 0.3) is 0 Å². The molecule has 2 fully saturated rings. The predicted octanol–water partition coefficient (Wildman–Crippen LogP) is 4.84. The number of aromatic nitrogens is 7. The molecule has 0 radical (unpaired) electrons. The second-order valence-corrected chi connectivity index (χ2v) is 11.6. The zero-order valence-corrected chi connectivity index (χ0v) is 23.0. The lowest BCUT2D eigenvalue weighted by molar-refractivity contribution is 0.284. The monoisotopic (exact) mass is 547 g/mol. The normalized spacial score (nSPS) is 21.3. The number of terminal acetylenes is 1. The van der Waals surface area contributed by atoms with E-state index in [1.165, 1.54) is 19.3 Å². The lowest BCUT2D eigenvalue weighted by Gasteiger charge is -2.32. The van der Waals surface area contributed by atoms with Crippen LogP contribution < -0.4 is 16.4 Å². The van der Waals surface area contributed by atoms with Crippen molar-refractivity contribution in [3.05, 3.63) is 27.1 Å². The molecule has 3 N–H and O–H groups in total. The number of H-pyrrole nitrogens is 1. The van der Waals surface area contributed by atoms with Crippen molar-refractivity contribution >= 4 is 34.3 Å². The average molecular weight is 548 g/mol. The number of fused-ring (bicyclic) bond motifs is 1. The van der Waals surface area contributed by atoms with Crippen molar-refractivity contribution < 1.29 is 4.52 Å². The van der Waals surface area contributed by atoms with Gasteiger partial charge in [-0.3, -0.25) is 9.51 Å². The van der Waals surface area contributed by atoms with Crippen molar-refractivity contribution in [1.29, 1.82) is 0 Å². The third-order valence-corrected chi connectivity index (χ3v) is 8.85. The number of hydrogen-bond donors (Lipinski definition) is 3. The molecule has 0 bridgehead atoms. The van der Waals surface area contributed by atoms with E-state index in [1.54, 1.807) is 11.3 Å². The minimum Gasteiger partial charge on any atom is -0.365 e. The minimum atomic E-state index is -0.654.